The molecule has 39 heavy (non-hydrogen) atoms. The van der Waals surface area contributed by atoms with Gasteiger partial charge in [0.05, 0.1) is 11.1 Å². The molecule has 2 heterocycles. The van der Waals surface area contributed by atoms with Gasteiger partial charge in [0.2, 0.25) is 0 Å². The molecule has 0 spiro atoms. The Bertz CT molecular complexity index is 1540. The highest BCUT2D eigenvalue weighted by atomic mass is 32.2. The number of carbonyl (C=O) groups is 1. The number of amides is 1. The van der Waals surface area contributed by atoms with E-state index < -0.39 is 27.4 Å². The number of allylic oxidation sites excluding steroid dienone is 2. The standard InChI is InChI=1S/C28H28F3N3O4S/c1-3-6-23(19(2)28(29,30)31)27(36)14-17-34(18-15-27)26(35)21-10-12-22(13-11-21)33-39(37,38)24-9-4-7-20-8-5-16-32-25(20)24/h3-13,16,33,36H,14-15,17-18H2,1-2H3/b6-3-,23-19-. The smallest absolute Gasteiger partial charge is 0.385 e. The number of fused-ring (bicyclic) bond motifs is 1. The van der Waals surface area contributed by atoms with Crippen LogP contribution in [0.2, 0.25) is 0 Å². The zero-order valence-corrected chi connectivity index (χ0v) is 22.2. The number of piperidine rings is 1. The maximum Gasteiger partial charge on any atom is 0.412 e. The average molecular weight is 560 g/mol. The van der Waals surface area contributed by atoms with Crippen LogP contribution in [0.5, 0.6) is 0 Å². The lowest BCUT2D eigenvalue weighted by Crippen LogP contribution is -2.48. The molecule has 1 amide bonds. The van der Waals surface area contributed by atoms with Crippen LogP contribution in [0.25, 0.3) is 10.9 Å². The van der Waals surface area contributed by atoms with Gasteiger partial charge < -0.3 is 10.0 Å². The Balaban J connectivity index is 1.46. The molecule has 0 saturated carbocycles. The summed E-state index contributed by atoms with van der Waals surface area (Å²) in [7, 11) is -3.96. The molecule has 1 fully saturated rings. The predicted molar refractivity (Wildman–Crippen MR) is 143 cm³/mol. The maximum absolute atomic E-state index is 13.4. The Hall–Kier alpha value is -3.70. The number of rotatable bonds is 6. The van der Waals surface area contributed by atoms with E-state index >= 15 is 0 Å². The summed E-state index contributed by atoms with van der Waals surface area (Å²) in [6.07, 6.45) is -0.449. The molecule has 206 valence electrons. The van der Waals surface area contributed by atoms with E-state index in [1.54, 1.807) is 31.2 Å². The number of benzene rings is 2. The number of anilines is 1. The van der Waals surface area contributed by atoms with E-state index in [9.17, 15) is 31.5 Å². The number of hydrogen-bond donors (Lipinski definition) is 2. The third-order valence-corrected chi connectivity index (χ3v) is 8.22. The van der Waals surface area contributed by atoms with Crippen LogP contribution in [0.4, 0.5) is 18.9 Å². The number of aromatic nitrogens is 1. The quantitative estimate of drug-likeness (QED) is 0.391. The van der Waals surface area contributed by atoms with Gasteiger partial charge in [-0.2, -0.15) is 13.2 Å². The van der Waals surface area contributed by atoms with E-state index in [-0.39, 0.29) is 53.6 Å². The molecule has 11 heteroatoms. The van der Waals surface area contributed by atoms with Crippen molar-refractivity contribution in [3.8, 4) is 0 Å². The van der Waals surface area contributed by atoms with Crippen LogP contribution < -0.4 is 4.72 Å². The van der Waals surface area contributed by atoms with Gasteiger partial charge in [-0.1, -0.05) is 30.4 Å². The van der Waals surface area contributed by atoms with Crippen molar-refractivity contribution in [3.63, 3.8) is 0 Å². The van der Waals surface area contributed by atoms with Crippen molar-refractivity contribution in [2.24, 2.45) is 0 Å². The van der Waals surface area contributed by atoms with E-state index in [4.69, 9.17) is 0 Å². The second-order valence-electron chi connectivity index (χ2n) is 9.37. The van der Waals surface area contributed by atoms with Crippen LogP contribution in [-0.4, -0.2) is 54.2 Å². The molecule has 2 N–H and O–H groups in total. The number of para-hydroxylation sites is 1. The van der Waals surface area contributed by atoms with E-state index in [1.165, 1.54) is 53.6 Å². The first-order valence-electron chi connectivity index (χ1n) is 12.3. The minimum Gasteiger partial charge on any atom is -0.385 e. The summed E-state index contributed by atoms with van der Waals surface area (Å²) in [6, 6.07) is 14.2. The number of nitrogens with one attached hydrogen (secondary N) is 1. The number of carbonyl (C=O) groups excluding carboxylic acids is 1. The number of nitrogens with zero attached hydrogens (tertiary/aromatic N) is 2. The Morgan fingerprint density at radius 3 is 2.33 bits per heavy atom. The van der Waals surface area contributed by atoms with Gasteiger partial charge in [0.15, 0.2) is 0 Å². The van der Waals surface area contributed by atoms with Crippen LogP contribution in [0.15, 0.2) is 89.0 Å². The van der Waals surface area contributed by atoms with Gasteiger partial charge in [0, 0.05) is 41.5 Å². The SMILES string of the molecule is C/C=C\C(=C(/C)C(F)(F)F)C1(O)CCN(C(=O)c2ccc(NS(=O)(=O)c3cccc4cccnc34)cc2)CC1. The second kappa shape index (κ2) is 10.8. The van der Waals surface area contributed by atoms with Crippen molar-refractivity contribution in [1.29, 1.82) is 0 Å². The molecule has 3 aromatic rings. The fraction of sp³-hybridized carbons (Fsp3) is 0.286. The summed E-state index contributed by atoms with van der Waals surface area (Å²) in [6.45, 7) is 2.64. The fourth-order valence-electron chi connectivity index (χ4n) is 4.66. The van der Waals surface area contributed by atoms with Crippen LogP contribution >= 0.6 is 0 Å². The molecule has 1 aliphatic rings. The summed E-state index contributed by atoms with van der Waals surface area (Å²) in [5.41, 5.74) is -1.89. The molecular formula is C28H28F3N3O4S. The Morgan fingerprint density at radius 1 is 1.08 bits per heavy atom. The predicted octanol–water partition coefficient (Wildman–Crippen LogP) is 5.46. The monoisotopic (exact) mass is 559 g/mol. The largest absolute Gasteiger partial charge is 0.412 e. The van der Waals surface area contributed by atoms with Crippen LogP contribution in [0.3, 0.4) is 0 Å². The van der Waals surface area contributed by atoms with Crippen molar-refractivity contribution in [2.75, 3.05) is 17.8 Å². The summed E-state index contributed by atoms with van der Waals surface area (Å²) >= 11 is 0. The minimum atomic E-state index is -4.58. The van der Waals surface area contributed by atoms with Crippen molar-refractivity contribution in [3.05, 3.63) is 89.7 Å². The van der Waals surface area contributed by atoms with Gasteiger partial charge in [-0.25, -0.2) is 8.42 Å². The molecule has 2 aromatic carbocycles. The van der Waals surface area contributed by atoms with Crippen LogP contribution in [0, 0.1) is 0 Å². The lowest BCUT2D eigenvalue weighted by Gasteiger charge is -2.40. The van der Waals surface area contributed by atoms with E-state index in [2.05, 4.69) is 9.71 Å². The first-order chi connectivity index (χ1) is 18.4. The third-order valence-electron chi connectivity index (χ3n) is 6.81. The minimum absolute atomic E-state index is 0.0219. The van der Waals surface area contributed by atoms with Crippen molar-refractivity contribution in [1.82, 2.24) is 9.88 Å². The van der Waals surface area contributed by atoms with Gasteiger partial charge in [-0.15, -0.1) is 0 Å². The molecule has 4 rings (SSSR count). The highest BCUT2D eigenvalue weighted by molar-refractivity contribution is 7.93. The maximum atomic E-state index is 13.4. The topological polar surface area (TPSA) is 99.6 Å². The highest BCUT2D eigenvalue weighted by Gasteiger charge is 2.42. The Labute approximate surface area is 224 Å². The van der Waals surface area contributed by atoms with Crippen LogP contribution in [0.1, 0.15) is 37.0 Å². The first-order valence-corrected chi connectivity index (χ1v) is 13.7. The molecule has 0 bridgehead atoms. The highest BCUT2D eigenvalue weighted by Crippen LogP contribution is 2.38. The lowest BCUT2D eigenvalue weighted by molar-refractivity contribution is -0.0951. The van der Waals surface area contributed by atoms with Gasteiger partial charge in [-0.05, 0) is 68.7 Å². The molecule has 1 aliphatic heterocycles. The summed E-state index contributed by atoms with van der Waals surface area (Å²) in [5.74, 6) is -0.367. The van der Waals surface area contributed by atoms with Crippen molar-refractivity contribution >= 4 is 32.5 Å². The number of likely N-dealkylation sites (tertiary alicyclic amines) is 1. The molecular weight excluding hydrogens is 531 g/mol. The van der Waals surface area contributed by atoms with Crippen molar-refractivity contribution < 1.29 is 31.5 Å². The molecule has 0 radical (unpaired) electrons. The Morgan fingerprint density at radius 2 is 1.72 bits per heavy atom. The number of hydrogen-bond acceptors (Lipinski definition) is 5. The normalized spacial score (nSPS) is 16.8. The molecule has 7 nitrogen and oxygen atoms in total. The van der Waals surface area contributed by atoms with Gasteiger partial charge in [0.1, 0.15) is 4.90 Å². The third kappa shape index (κ3) is 5.99. The number of aliphatic hydroxyl groups is 1. The first kappa shape index (κ1) is 28.3. The van der Waals surface area contributed by atoms with E-state index in [0.717, 1.165) is 6.92 Å². The summed E-state index contributed by atoms with van der Waals surface area (Å²) < 4.78 is 68.6. The number of pyridine rings is 1. The number of halogens is 3. The van der Waals surface area contributed by atoms with Gasteiger partial charge >= 0.3 is 6.18 Å². The fourth-order valence-corrected chi connectivity index (χ4v) is 5.90. The lowest BCUT2D eigenvalue weighted by atomic mass is 9.81. The zero-order valence-electron chi connectivity index (χ0n) is 21.4. The number of alkyl halides is 3. The second-order valence-corrected chi connectivity index (χ2v) is 11.0. The van der Waals surface area contributed by atoms with Crippen LogP contribution in [-0.2, 0) is 10.0 Å². The molecule has 0 unspecified atom stereocenters. The number of sulfonamides is 1. The van der Waals surface area contributed by atoms with Crippen molar-refractivity contribution in [2.45, 2.75) is 43.4 Å². The summed E-state index contributed by atoms with van der Waals surface area (Å²) in [5, 5.41) is 11.7. The van der Waals surface area contributed by atoms with Gasteiger partial charge in [0.25, 0.3) is 15.9 Å². The molecule has 1 saturated heterocycles. The molecule has 1 aromatic heterocycles. The molecule has 0 atom stereocenters. The molecule has 0 aliphatic carbocycles. The van der Waals surface area contributed by atoms with Gasteiger partial charge in [-0.3, -0.25) is 14.5 Å². The zero-order chi connectivity index (χ0) is 28.4. The summed E-state index contributed by atoms with van der Waals surface area (Å²) in [4.78, 5) is 18.7. The Kier molecular flexibility index (Phi) is 7.85. The average Bonchev–Trinajstić information content (AvgIpc) is 2.90. The van der Waals surface area contributed by atoms with E-state index in [1.807, 2.05) is 0 Å². The van der Waals surface area contributed by atoms with E-state index in [0.29, 0.717) is 10.9 Å².